The van der Waals surface area contributed by atoms with Crippen LogP contribution in [0, 0.1) is 0 Å². The first-order valence-corrected chi connectivity index (χ1v) is 6.54. The highest BCUT2D eigenvalue weighted by molar-refractivity contribution is 9.10. The molecule has 18 heavy (non-hydrogen) atoms. The molecule has 0 aromatic carbocycles. The van der Waals surface area contributed by atoms with Crippen LogP contribution in [0.4, 0.5) is 10.6 Å². The van der Waals surface area contributed by atoms with Crippen LogP contribution in [0.3, 0.4) is 0 Å². The largest absolute Gasteiger partial charge is 0.444 e. The lowest BCUT2D eigenvalue weighted by atomic mass is 10.1. The van der Waals surface area contributed by atoms with Crippen LogP contribution in [-0.2, 0) is 10.3 Å². The van der Waals surface area contributed by atoms with Crippen LogP contribution in [0.5, 0.6) is 0 Å². The Balaban J connectivity index is 2.91. The average molecular weight is 318 g/mol. The molecule has 5 nitrogen and oxygen atoms in total. The van der Waals surface area contributed by atoms with Crippen LogP contribution in [0.15, 0.2) is 10.7 Å². The molecule has 6 heteroatoms. The van der Waals surface area contributed by atoms with E-state index in [4.69, 9.17) is 4.74 Å². The van der Waals surface area contributed by atoms with Gasteiger partial charge in [-0.2, -0.15) is 5.10 Å². The Kier molecular flexibility index (Phi) is 4.10. The number of aromatic nitrogens is 2. The molecule has 1 heterocycles. The summed E-state index contributed by atoms with van der Waals surface area (Å²) in [4.78, 5) is 11.8. The predicted molar refractivity (Wildman–Crippen MR) is 74.8 cm³/mol. The van der Waals surface area contributed by atoms with E-state index in [1.165, 1.54) is 0 Å². The molecule has 0 saturated heterocycles. The van der Waals surface area contributed by atoms with Crippen LogP contribution >= 0.6 is 15.9 Å². The highest BCUT2D eigenvalue weighted by Crippen LogP contribution is 2.28. The van der Waals surface area contributed by atoms with Gasteiger partial charge < -0.3 is 4.74 Å². The molecule has 0 bridgehead atoms. The number of rotatable bonds is 1. The summed E-state index contributed by atoms with van der Waals surface area (Å²) in [7, 11) is 0. The molecule has 0 aliphatic heterocycles. The minimum Gasteiger partial charge on any atom is -0.444 e. The van der Waals surface area contributed by atoms with Gasteiger partial charge in [-0.1, -0.05) is 0 Å². The number of anilines is 1. The summed E-state index contributed by atoms with van der Waals surface area (Å²) >= 11 is 3.36. The van der Waals surface area contributed by atoms with Gasteiger partial charge in [0.25, 0.3) is 0 Å². The summed E-state index contributed by atoms with van der Waals surface area (Å²) in [5.41, 5.74) is -0.750. The molecule has 1 aromatic rings. The first-order chi connectivity index (χ1) is 8.00. The third kappa shape index (κ3) is 4.01. The molecular formula is C12H20BrN3O2. The Morgan fingerprint density at radius 3 is 2.33 bits per heavy atom. The Labute approximate surface area is 116 Å². The Morgan fingerprint density at radius 1 is 1.33 bits per heavy atom. The molecule has 0 spiro atoms. The van der Waals surface area contributed by atoms with Crippen molar-refractivity contribution in [1.29, 1.82) is 0 Å². The maximum atomic E-state index is 11.8. The molecule has 0 unspecified atom stereocenters. The van der Waals surface area contributed by atoms with Gasteiger partial charge in [-0.15, -0.1) is 0 Å². The maximum Gasteiger partial charge on any atom is 0.413 e. The van der Waals surface area contributed by atoms with E-state index in [0.717, 1.165) is 4.47 Å². The van der Waals surface area contributed by atoms with Crippen LogP contribution < -0.4 is 5.32 Å². The summed E-state index contributed by atoms with van der Waals surface area (Å²) in [5.74, 6) is 0.594. The number of carbonyl (C=O) groups is 1. The second-order valence-electron chi connectivity index (χ2n) is 6.05. The lowest BCUT2D eigenvalue weighted by molar-refractivity contribution is 0.0633. The normalized spacial score (nSPS) is 12.4. The number of amides is 1. The first-order valence-electron chi connectivity index (χ1n) is 5.75. The fourth-order valence-corrected chi connectivity index (χ4v) is 1.71. The molecule has 0 fully saturated rings. The minimum atomic E-state index is -0.525. The van der Waals surface area contributed by atoms with Gasteiger partial charge in [0.1, 0.15) is 11.4 Å². The van der Waals surface area contributed by atoms with Crippen molar-refractivity contribution in [1.82, 2.24) is 9.78 Å². The van der Waals surface area contributed by atoms with Gasteiger partial charge in [0.05, 0.1) is 16.2 Å². The topological polar surface area (TPSA) is 56.1 Å². The van der Waals surface area contributed by atoms with Gasteiger partial charge >= 0.3 is 6.09 Å². The summed E-state index contributed by atoms with van der Waals surface area (Å²) in [6, 6.07) is 0. The quantitative estimate of drug-likeness (QED) is 0.858. The number of carbonyl (C=O) groups excluding carboxylic acids is 1. The molecule has 1 N–H and O–H groups in total. The van der Waals surface area contributed by atoms with Crippen LogP contribution in [0.1, 0.15) is 41.5 Å². The highest BCUT2D eigenvalue weighted by Gasteiger charge is 2.23. The Morgan fingerprint density at radius 2 is 1.89 bits per heavy atom. The van der Waals surface area contributed by atoms with E-state index in [2.05, 4.69) is 26.3 Å². The zero-order valence-corrected chi connectivity index (χ0v) is 13.3. The number of halogens is 1. The molecule has 0 aliphatic carbocycles. The van der Waals surface area contributed by atoms with Gasteiger partial charge in [0.15, 0.2) is 0 Å². The third-order valence-electron chi connectivity index (χ3n) is 1.98. The monoisotopic (exact) mass is 317 g/mol. The van der Waals surface area contributed by atoms with Crippen LogP contribution in [0.25, 0.3) is 0 Å². The average Bonchev–Trinajstić information content (AvgIpc) is 2.43. The minimum absolute atomic E-state index is 0.226. The third-order valence-corrected chi connectivity index (χ3v) is 2.56. The molecule has 1 rings (SSSR count). The number of nitrogens with zero attached hydrogens (tertiary/aromatic N) is 2. The van der Waals surface area contributed by atoms with Crippen molar-refractivity contribution in [2.45, 2.75) is 52.7 Å². The summed E-state index contributed by atoms with van der Waals surface area (Å²) in [6.45, 7) is 11.5. The van der Waals surface area contributed by atoms with Crippen LogP contribution in [0.2, 0.25) is 0 Å². The summed E-state index contributed by atoms with van der Waals surface area (Å²) in [5, 5.41) is 6.95. The van der Waals surface area contributed by atoms with E-state index in [9.17, 15) is 4.79 Å². The lowest BCUT2D eigenvalue weighted by Gasteiger charge is -2.24. The molecule has 0 radical (unpaired) electrons. The summed E-state index contributed by atoms with van der Waals surface area (Å²) < 4.78 is 7.68. The Hall–Kier alpha value is -1.04. The number of hydrogen-bond acceptors (Lipinski definition) is 3. The fraction of sp³-hybridized carbons (Fsp3) is 0.667. The molecule has 0 aliphatic rings. The zero-order chi connectivity index (χ0) is 14.1. The van der Waals surface area contributed by atoms with E-state index in [0.29, 0.717) is 5.82 Å². The standard InChI is InChI=1S/C12H20BrN3O2/c1-11(2,3)16-9(8(13)7-14-16)15-10(17)18-12(4,5)6/h7H,1-6H3,(H,15,17). The lowest BCUT2D eigenvalue weighted by Crippen LogP contribution is -2.30. The van der Waals surface area contributed by atoms with Crippen molar-refractivity contribution in [3.8, 4) is 0 Å². The van der Waals surface area contributed by atoms with E-state index in [-0.39, 0.29) is 5.54 Å². The van der Waals surface area contributed by atoms with Gasteiger partial charge in [-0.25, -0.2) is 9.48 Å². The second-order valence-corrected chi connectivity index (χ2v) is 6.90. The molecule has 1 aromatic heterocycles. The fourth-order valence-electron chi connectivity index (χ4n) is 1.35. The molecule has 1 amide bonds. The number of nitrogens with one attached hydrogen (secondary N) is 1. The van der Waals surface area contributed by atoms with Crippen molar-refractivity contribution in [3.05, 3.63) is 10.7 Å². The van der Waals surface area contributed by atoms with E-state index in [1.54, 1.807) is 10.9 Å². The van der Waals surface area contributed by atoms with Crippen molar-refractivity contribution in [2.75, 3.05) is 5.32 Å². The zero-order valence-electron chi connectivity index (χ0n) is 11.7. The molecule has 102 valence electrons. The van der Waals surface area contributed by atoms with Crippen molar-refractivity contribution < 1.29 is 9.53 Å². The number of hydrogen-bond donors (Lipinski definition) is 1. The van der Waals surface area contributed by atoms with Crippen molar-refractivity contribution in [2.24, 2.45) is 0 Å². The Bertz CT molecular complexity index is 441. The highest BCUT2D eigenvalue weighted by atomic mass is 79.9. The maximum absolute atomic E-state index is 11.8. The van der Waals surface area contributed by atoms with E-state index >= 15 is 0 Å². The van der Waals surface area contributed by atoms with E-state index < -0.39 is 11.7 Å². The van der Waals surface area contributed by atoms with Gasteiger partial charge in [-0.3, -0.25) is 5.32 Å². The second kappa shape index (κ2) is 4.91. The van der Waals surface area contributed by atoms with Gasteiger partial charge in [0, 0.05) is 0 Å². The van der Waals surface area contributed by atoms with Crippen molar-refractivity contribution >= 4 is 27.8 Å². The van der Waals surface area contributed by atoms with Crippen LogP contribution in [-0.4, -0.2) is 21.5 Å². The molecular weight excluding hydrogens is 298 g/mol. The molecule has 0 saturated carbocycles. The smallest absolute Gasteiger partial charge is 0.413 e. The predicted octanol–water partition coefficient (Wildman–Crippen LogP) is 3.75. The van der Waals surface area contributed by atoms with Crippen molar-refractivity contribution in [3.63, 3.8) is 0 Å². The SMILES string of the molecule is CC(C)(C)OC(=O)Nc1c(Br)cnn1C(C)(C)C. The van der Waals surface area contributed by atoms with Gasteiger partial charge in [-0.05, 0) is 57.5 Å². The van der Waals surface area contributed by atoms with E-state index in [1.807, 2.05) is 41.5 Å². The summed E-state index contributed by atoms with van der Waals surface area (Å²) in [6.07, 6.45) is 1.16. The van der Waals surface area contributed by atoms with Gasteiger partial charge in [0.2, 0.25) is 0 Å². The number of ether oxygens (including phenoxy) is 1. The first kappa shape index (κ1) is 15.0. The molecule has 0 atom stereocenters.